The lowest BCUT2D eigenvalue weighted by Crippen LogP contribution is -2.58. The number of Topliss-reactive ketones (excluding diaryl/α,β-unsaturated/α-hetero) is 1. The molecule has 1 fully saturated rings. The summed E-state index contributed by atoms with van der Waals surface area (Å²) in [6.45, 7) is 7.98. The minimum absolute atomic E-state index is 0.0480. The molecule has 1 atom stereocenters. The smallest absolute Gasteiger partial charge is 0.346 e. The maximum absolute atomic E-state index is 11.7. The average molecular weight is 228 g/mol. The summed E-state index contributed by atoms with van der Waals surface area (Å²) < 4.78 is 15.3. The van der Waals surface area contributed by atoms with Crippen molar-refractivity contribution in [3.8, 4) is 0 Å². The van der Waals surface area contributed by atoms with Crippen LogP contribution in [0.2, 0.25) is 0 Å². The van der Waals surface area contributed by atoms with E-state index in [0.717, 1.165) is 0 Å². The predicted molar refractivity (Wildman–Crippen MR) is 55.7 cm³/mol. The fraction of sp³-hybridized carbons (Fsp3) is 0.636. The number of ether oxygens (including phenoxy) is 3. The van der Waals surface area contributed by atoms with Gasteiger partial charge in [-0.3, -0.25) is 4.79 Å². The van der Waals surface area contributed by atoms with E-state index >= 15 is 0 Å². The molecule has 1 rings (SSSR count). The van der Waals surface area contributed by atoms with Crippen molar-refractivity contribution < 1.29 is 23.8 Å². The first-order valence-corrected chi connectivity index (χ1v) is 4.97. The lowest BCUT2D eigenvalue weighted by atomic mass is 9.99. The van der Waals surface area contributed by atoms with Gasteiger partial charge < -0.3 is 14.2 Å². The quantitative estimate of drug-likeness (QED) is 0.406. The minimum atomic E-state index is -1.59. The summed E-state index contributed by atoms with van der Waals surface area (Å²) in [5, 5.41) is 0. The van der Waals surface area contributed by atoms with Gasteiger partial charge in [-0.05, 0) is 20.8 Å². The van der Waals surface area contributed by atoms with Crippen molar-refractivity contribution in [1.82, 2.24) is 0 Å². The number of esters is 1. The monoisotopic (exact) mass is 228 g/mol. The summed E-state index contributed by atoms with van der Waals surface area (Å²) in [6.07, 6.45) is 1.43. The highest BCUT2D eigenvalue weighted by molar-refractivity contribution is 6.07. The molecule has 1 unspecified atom stereocenters. The Labute approximate surface area is 94.4 Å². The number of carbonyl (C=O) groups is 2. The molecule has 0 amide bonds. The largest absolute Gasteiger partial charge is 0.459 e. The van der Waals surface area contributed by atoms with E-state index in [0.29, 0.717) is 0 Å². The van der Waals surface area contributed by atoms with Crippen LogP contribution >= 0.6 is 0 Å². The minimum Gasteiger partial charge on any atom is -0.459 e. The van der Waals surface area contributed by atoms with E-state index in [2.05, 4.69) is 6.58 Å². The Kier molecular flexibility index (Phi) is 3.50. The van der Waals surface area contributed by atoms with Crippen molar-refractivity contribution in [1.29, 1.82) is 0 Å². The first kappa shape index (κ1) is 12.9. The van der Waals surface area contributed by atoms with Crippen LogP contribution in [0.3, 0.4) is 0 Å². The van der Waals surface area contributed by atoms with Crippen molar-refractivity contribution in [2.45, 2.75) is 32.2 Å². The van der Waals surface area contributed by atoms with Crippen molar-refractivity contribution in [2.75, 3.05) is 13.2 Å². The maximum atomic E-state index is 11.7. The second kappa shape index (κ2) is 4.35. The van der Waals surface area contributed by atoms with Gasteiger partial charge in [0, 0.05) is 0 Å². The molecular weight excluding hydrogens is 212 g/mol. The predicted octanol–water partition coefficient (Wildman–Crippen LogP) is 0.826. The summed E-state index contributed by atoms with van der Waals surface area (Å²) in [7, 11) is 0. The lowest BCUT2D eigenvalue weighted by Gasteiger charge is -2.39. The van der Waals surface area contributed by atoms with Gasteiger partial charge in [-0.25, -0.2) is 4.79 Å². The molecule has 5 heteroatoms. The van der Waals surface area contributed by atoms with E-state index in [1.807, 2.05) is 0 Å². The topological polar surface area (TPSA) is 61.8 Å². The van der Waals surface area contributed by atoms with Crippen LogP contribution in [-0.4, -0.2) is 36.4 Å². The van der Waals surface area contributed by atoms with Crippen LogP contribution in [-0.2, 0) is 23.8 Å². The molecule has 16 heavy (non-hydrogen) atoms. The Morgan fingerprint density at radius 1 is 1.56 bits per heavy atom. The van der Waals surface area contributed by atoms with Crippen LogP contribution in [0.4, 0.5) is 0 Å². The highest BCUT2D eigenvalue weighted by atomic mass is 16.7. The molecule has 1 aliphatic rings. The van der Waals surface area contributed by atoms with Crippen LogP contribution in [0, 0.1) is 0 Å². The van der Waals surface area contributed by atoms with E-state index in [4.69, 9.17) is 14.2 Å². The standard InChI is InChI=1S/C11H16O5/c1-5-6-14-9(13)11(4)8(12)7-15-10(2,3)16-11/h5H,1,6-7H2,2-4H3. The molecule has 90 valence electrons. The normalized spacial score (nSPS) is 28.6. The maximum Gasteiger partial charge on any atom is 0.346 e. The summed E-state index contributed by atoms with van der Waals surface area (Å²) in [6, 6.07) is 0. The van der Waals surface area contributed by atoms with Crippen LogP contribution in [0.25, 0.3) is 0 Å². The summed E-state index contributed by atoms with van der Waals surface area (Å²) in [4.78, 5) is 23.3. The third kappa shape index (κ3) is 2.48. The molecule has 0 aromatic rings. The fourth-order valence-electron chi connectivity index (χ4n) is 1.38. The molecule has 1 saturated heterocycles. The lowest BCUT2D eigenvalue weighted by molar-refractivity contribution is -0.283. The molecule has 0 aromatic heterocycles. The molecule has 0 saturated carbocycles. The zero-order valence-electron chi connectivity index (χ0n) is 9.74. The number of hydrogen-bond acceptors (Lipinski definition) is 5. The second-order valence-electron chi connectivity index (χ2n) is 4.13. The van der Waals surface area contributed by atoms with Crippen LogP contribution in [0.15, 0.2) is 12.7 Å². The molecule has 5 nitrogen and oxygen atoms in total. The van der Waals surface area contributed by atoms with Gasteiger partial charge in [-0.1, -0.05) is 12.7 Å². The SMILES string of the molecule is C=CCOC(=O)C1(C)OC(C)(C)OCC1=O. The van der Waals surface area contributed by atoms with Crippen molar-refractivity contribution >= 4 is 11.8 Å². The van der Waals surface area contributed by atoms with Crippen LogP contribution in [0.1, 0.15) is 20.8 Å². The number of carbonyl (C=O) groups excluding carboxylic acids is 2. The Hall–Kier alpha value is -1.20. The Bertz CT molecular complexity index is 320. The zero-order chi connectivity index (χ0) is 12.4. The zero-order valence-corrected chi connectivity index (χ0v) is 9.74. The number of ketones is 1. The van der Waals surface area contributed by atoms with Crippen LogP contribution in [0.5, 0.6) is 0 Å². The van der Waals surface area contributed by atoms with Gasteiger partial charge in [0.05, 0.1) is 0 Å². The van der Waals surface area contributed by atoms with Crippen molar-refractivity contribution in [3.63, 3.8) is 0 Å². The first-order valence-electron chi connectivity index (χ1n) is 4.97. The van der Waals surface area contributed by atoms with Gasteiger partial charge >= 0.3 is 5.97 Å². The first-order chi connectivity index (χ1) is 7.32. The Morgan fingerprint density at radius 3 is 2.75 bits per heavy atom. The van der Waals surface area contributed by atoms with Gasteiger partial charge in [-0.2, -0.15) is 0 Å². The molecular formula is C11H16O5. The molecule has 1 aliphatic heterocycles. The third-order valence-corrected chi connectivity index (χ3v) is 2.25. The highest BCUT2D eigenvalue weighted by Crippen LogP contribution is 2.29. The summed E-state index contributed by atoms with van der Waals surface area (Å²) >= 11 is 0. The van der Waals surface area contributed by atoms with Gasteiger partial charge in [-0.15, -0.1) is 0 Å². The fourth-order valence-corrected chi connectivity index (χ4v) is 1.38. The van der Waals surface area contributed by atoms with Gasteiger partial charge in [0.1, 0.15) is 13.2 Å². The Balaban J connectivity index is 2.83. The highest BCUT2D eigenvalue weighted by Gasteiger charge is 2.51. The van der Waals surface area contributed by atoms with Gasteiger partial charge in [0.15, 0.2) is 5.79 Å². The molecule has 0 aliphatic carbocycles. The number of hydrogen-bond donors (Lipinski definition) is 0. The van der Waals surface area contributed by atoms with E-state index < -0.39 is 23.1 Å². The van der Waals surface area contributed by atoms with E-state index in [1.54, 1.807) is 13.8 Å². The number of rotatable bonds is 3. The Morgan fingerprint density at radius 2 is 2.19 bits per heavy atom. The van der Waals surface area contributed by atoms with Gasteiger partial charge in [0.25, 0.3) is 0 Å². The van der Waals surface area contributed by atoms with E-state index in [1.165, 1.54) is 13.0 Å². The molecule has 0 spiro atoms. The summed E-state index contributed by atoms with van der Waals surface area (Å²) in [5.74, 6) is -2.13. The van der Waals surface area contributed by atoms with E-state index in [9.17, 15) is 9.59 Å². The van der Waals surface area contributed by atoms with E-state index in [-0.39, 0.29) is 13.2 Å². The van der Waals surface area contributed by atoms with Crippen molar-refractivity contribution in [3.05, 3.63) is 12.7 Å². The molecule has 0 radical (unpaired) electrons. The van der Waals surface area contributed by atoms with Crippen molar-refractivity contribution in [2.24, 2.45) is 0 Å². The van der Waals surface area contributed by atoms with Crippen LogP contribution < -0.4 is 0 Å². The molecule has 0 N–H and O–H groups in total. The summed E-state index contributed by atoms with van der Waals surface area (Å²) in [5.41, 5.74) is -1.59. The molecule has 1 heterocycles. The third-order valence-electron chi connectivity index (χ3n) is 2.25. The van der Waals surface area contributed by atoms with Gasteiger partial charge in [0.2, 0.25) is 11.4 Å². The second-order valence-corrected chi connectivity index (χ2v) is 4.13. The average Bonchev–Trinajstić information content (AvgIpc) is 2.20. The molecule has 0 bridgehead atoms. The molecule has 0 aromatic carbocycles.